The van der Waals surface area contributed by atoms with Crippen LogP contribution in [0.15, 0.2) is 10.9 Å². The quantitative estimate of drug-likeness (QED) is 0.564. The van der Waals surface area contributed by atoms with Gasteiger partial charge in [0.1, 0.15) is 5.41 Å². The lowest BCUT2D eigenvalue weighted by molar-refractivity contribution is -0.158. The largest absolute Gasteiger partial charge is 0.465 e. The van der Waals surface area contributed by atoms with Gasteiger partial charge in [-0.2, -0.15) is 0 Å². The maximum atomic E-state index is 12.2. The number of esters is 1. The van der Waals surface area contributed by atoms with Crippen LogP contribution in [0.1, 0.15) is 26.5 Å². The number of nitrogens with zero attached hydrogens (tertiary/aromatic N) is 2. The van der Waals surface area contributed by atoms with Crippen molar-refractivity contribution in [1.29, 1.82) is 0 Å². The first kappa shape index (κ1) is 15.8. The van der Waals surface area contributed by atoms with Gasteiger partial charge in [0, 0.05) is 11.9 Å². The number of hydrogen-bond donors (Lipinski definition) is 0. The number of carbonyl (C=O) groups excluding carboxylic acids is 2. The summed E-state index contributed by atoms with van der Waals surface area (Å²) < 4.78 is 4.93. The molecule has 0 fully saturated rings. The minimum absolute atomic E-state index is 0.149. The smallest absolute Gasteiger partial charge is 0.319 e. The van der Waals surface area contributed by atoms with Crippen LogP contribution >= 0.6 is 11.3 Å². The van der Waals surface area contributed by atoms with Crippen LogP contribution < -0.4 is 0 Å². The summed E-state index contributed by atoms with van der Waals surface area (Å²) in [7, 11) is 1.83. The van der Waals surface area contributed by atoms with Crippen LogP contribution in [-0.4, -0.2) is 41.8 Å². The van der Waals surface area contributed by atoms with E-state index in [9.17, 15) is 9.59 Å². The van der Waals surface area contributed by atoms with Gasteiger partial charge in [0.05, 0.1) is 24.4 Å². The Morgan fingerprint density at radius 2 is 2.16 bits per heavy atom. The van der Waals surface area contributed by atoms with Crippen LogP contribution in [0.3, 0.4) is 0 Å². The molecule has 0 radical (unpaired) electrons. The van der Waals surface area contributed by atoms with E-state index in [1.54, 1.807) is 26.3 Å². The summed E-state index contributed by atoms with van der Waals surface area (Å²) in [6, 6.07) is 0. The van der Waals surface area contributed by atoms with Gasteiger partial charge in [-0.1, -0.05) is 0 Å². The first-order valence-corrected chi connectivity index (χ1v) is 7.08. The normalized spacial score (nSPS) is 11.6. The van der Waals surface area contributed by atoms with E-state index >= 15 is 0 Å². The zero-order chi connectivity index (χ0) is 14.5. The number of ether oxygens (including phenoxy) is 1. The molecule has 1 heterocycles. The molecule has 0 unspecified atom stereocenters. The number of rotatable bonds is 7. The standard InChI is InChI=1S/C13H20N2O3S/c1-5-18-12(17)13(2,3)11(16)7-15(4)6-10-8-19-9-14-10/h8-9H,5-7H2,1-4H3. The third kappa shape index (κ3) is 4.40. The lowest BCUT2D eigenvalue weighted by Gasteiger charge is -2.24. The lowest BCUT2D eigenvalue weighted by atomic mass is 9.88. The van der Waals surface area contributed by atoms with E-state index in [-0.39, 0.29) is 18.9 Å². The maximum absolute atomic E-state index is 12.2. The number of likely N-dealkylation sites (N-methyl/N-ethyl adjacent to an activating group) is 1. The molecule has 0 N–H and O–H groups in total. The topological polar surface area (TPSA) is 59.5 Å². The first-order chi connectivity index (χ1) is 8.87. The van der Waals surface area contributed by atoms with E-state index in [0.29, 0.717) is 6.54 Å². The Hall–Kier alpha value is -1.27. The van der Waals surface area contributed by atoms with Crippen molar-refractivity contribution >= 4 is 23.1 Å². The van der Waals surface area contributed by atoms with Gasteiger partial charge in [-0.15, -0.1) is 11.3 Å². The van der Waals surface area contributed by atoms with E-state index < -0.39 is 11.4 Å². The molecule has 106 valence electrons. The van der Waals surface area contributed by atoms with Crippen molar-refractivity contribution in [2.45, 2.75) is 27.3 Å². The van der Waals surface area contributed by atoms with Gasteiger partial charge in [0.2, 0.25) is 0 Å². The zero-order valence-corrected chi connectivity index (χ0v) is 12.6. The van der Waals surface area contributed by atoms with Crippen LogP contribution in [0.2, 0.25) is 0 Å². The molecule has 0 saturated carbocycles. The average molecular weight is 284 g/mol. The molecule has 1 rings (SSSR count). The second-order valence-corrected chi connectivity index (χ2v) is 5.64. The van der Waals surface area contributed by atoms with Gasteiger partial charge in [-0.25, -0.2) is 4.98 Å². The molecule has 0 aromatic carbocycles. The summed E-state index contributed by atoms with van der Waals surface area (Å²) in [4.78, 5) is 29.9. The van der Waals surface area contributed by atoms with E-state index in [1.165, 1.54) is 11.3 Å². The highest BCUT2D eigenvalue weighted by Gasteiger charge is 2.37. The minimum atomic E-state index is -1.10. The molecule has 0 spiro atoms. The summed E-state index contributed by atoms with van der Waals surface area (Å²) in [6.07, 6.45) is 0. The predicted octanol–water partition coefficient (Wildman–Crippen LogP) is 1.73. The molecule has 0 aliphatic rings. The van der Waals surface area contributed by atoms with Gasteiger partial charge >= 0.3 is 5.97 Å². The number of aromatic nitrogens is 1. The molecule has 0 aliphatic heterocycles. The molecular formula is C13H20N2O3S. The van der Waals surface area contributed by atoms with Crippen LogP contribution in [0.25, 0.3) is 0 Å². The molecular weight excluding hydrogens is 264 g/mol. The third-order valence-electron chi connectivity index (χ3n) is 2.81. The van der Waals surface area contributed by atoms with Crippen molar-refractivity contribution in [2.75, 3.05) is 20.2 Å². The Morgan fingerprint density at radius 3 is 2.68 bits per heavy atom. The van der Waals surface area contributed by atoms with E-state index in [0.717, 1.165) is 5.69 Å². The van der Waals surface area contributed by atoms with Gasteiger partial charge in [0.15, 0.2) is 5.78 Å². The number of Topliss-reactive ketones (excluding diaryl/α,β-unsaturated/α-hetero) is 1. The Kier molecular flexibility index (Phi) is 5.62. The molecule has 6 heteroatoms. The molecule has 0 atom stereocenters. The Labute approximate surface area is 117 Å². The highest BCUT2D eigenvalue weighted by molar-refractivity contribution is 7.07. The molecule has 0 amide bonds. The van der Waals surface area contributed by atoms with Gasteiger partial charge in [0.25, 0.3) is 0 Å². The van der Waals surface area contributed by atoms with Gasteiger partial charge in [-0.05, 0) is 27.8 Å². The van der Waals surface area contributed by atoms with Crippen molar-refractivity contribution < 1.29 is 14.3 Å². The number of ketones is 1. The van der Waals surface area contributed by atoms with E-state index in [4.69, 9.17) is 4.74 Å². The first-order valence-electron chi connectivity index (χ1n) is 6.14. The van der Waals surface area contributed by atoms with Crippen molar-refractivity contribution in [3.05, 3.63) is 16.6 Å². The second-order valence-electron chi connectivity index (χ2n) is 4.92. The summed E-state index contributed by atoms with van der Waals surface area (Å²) in [6.45, 7) is 6.00. The highest BCUT2D eigenvalue weighted by Crippen LogP contribution is 2.19. The lowest BCUT2D eigenvalue weighted by Crippen LogP contribution is -2.41. The average Bonchev–Trinajstić information content (AvgIpc) is 2.81. The SMILES string of the molecule is CCOC(=O)C(C)(C)C(=O)CN(C)Cc1cscn1. The molecule has 1 aromatic heterocycles. The fourth-order valence-electron chi connectivity index (χ4n) is 1.52. The molecule has 0 aliphatic carbocycles. The van der Waals surface area contributed by atoms with Crippen LogP contribution in [0.5, 0.6) is 0 Å². The molecule has 1 aromatic rings. The van der Waals surface area contributed by atoms with Gasteiger partial charge < -0.3 is 4.74 Å². The van der Waals surface area contributed by atoms with Crippen molar-refractivity contribution in [1.82, 2.24) is 9.88 Å². The Morgan fingerprint density at radius 1 is 1.47 bits per heavy atom. The van der Waals surface area contributed by atoms with Crippen LogP contribution in [0.4, 0.5) is 0 Å². The number of thiazole rings is 1. The third-order valence-corrected chi connectivity index (χ3v) is 3.45. The Bertz CT molecular complexity index is 429. The molecule has 0 saturated heterocycles. The molecule has 19 heavy (non-hydrogen) atoms. The summed E-state index contributed by atoms with van der Waals surface area (Å²) in [5.41, 5.74) is 1.58. The fraction of sp³-hybridized carbons (Fsp3) is 0.615. The fourth-order valence-corrected chi connectivity index (χ4v) is 2.07. The summed E-state index contributed by atoms with van der Waals surface area (Å²) in [5.74, 6) is -0.620. The zero-order valence-electron chi connectivity index (χ0n) is 11.8. The minimum Gasteiger partial charge on any atom is -0.465 e. The molecule has 0 bridgehead atoms. The predicted molar refractivity (Wildman–Crippen MR) is 73.9 cm³/mol. The van der Waals surface area contributed by atoms with Crippen molar-refractivity contribution in [2.24, 2.45) is 5.41 Å². The van der Waals surface area contributed by atoms with E-state index in [2.05, 4.69) is 4.98 Å². The molecule has 5 nitrogen and oxygen atoms in total. The number of carbonyl (C=O) groups is 2. The van der Waals surface area contributed by atoms with Gasteiger partial charge in [-0.3, -0.25) is 14.5 Å². The van der Waals surface area contributed by atoms with E-state index in [1.807, 2.05) is 17.3 Å². The summed E-state index contributed by atoms with van der Waals surface area (Å²) >= 11 is 1.52. The highest BCUT2D eigenvalue weighted by atomic mass is 32.1. The van der Waals surface area contributed by atoms with Crippen molar-refractivity contribution in [3.8, 4) is 0 Å². The second kappa shape index (κ2) is 6.77. The maximum Gasteiger partial charge on any atom is 0.319 e. The monoisotopic (exact) mass is 284 g/mol. The Balaban J connectivity index is 2.55. The number of hydrogen-bond acceptors (Lipinski definition) is 6. The van der Waals surface area contributed by atoms with Crippen LogP contribution in [-0.2, 0) is 20.9 Å². The van der Waals surface area contributed by atoms with Crippen molar-refractivity contribution in [3.63, 3.8) is 0 Å². The summed E-state index contributed by atoms with van der Waals surface area (Å²) in [5, 5.41) is 1.94. The van der Waals surface area contributed by atoms with Crippen LogP contribution in [0, 0.1) is 5.41 Å².